The number of likely N-dealkylation sites (N-methyl/N-ethyl adjacent to an activating group) is 1. The van der Waals surface area contributed by atoms with Gasteiger partial charge in [0.15, 0.2) is 11.6 Å². The topological polar surface area (TPSA) is 108 Å². The van der Waals surface area contributed by atoms with E-state index in [9.17, 15) is 9.59 Å². The number of rotatable bonds is 11. The number of aromatic nitrogens is 1. The van der Waals surface area contributed by atoms with E-state index in [1.54, 1.807) is 12.4 Å². The largest absolute Gasteiger partial charge is 0.445 e. The zero-order valence-electron chi connectivity index (χ0n) is 18.0. The van der Waals surface area contributed by atoms with Crippen LogP contribution in [0.4, 0.5) is 0 Å². The molecule has 0 saturated heterocycles. The minimum absolute atomic E-state index is 0.0861. The summed E-state index contributed by atoms with van der Waals surface area (Å²) in [5, 5.41) is 11.8. The summed E-state index contributed by atoms with van der Waals surface area (Å²) < 4.78 is 5.77. The molecule has 1 aliphatic rings. The van der Waals surface area contributed by atoms with E-state index < -0.39 is 5.91 Å². The first-order valence-electron chi connectivity index (χ1n) is 10.7. The number of hydrogen-bond donors (Lipinski definition) is 3. The number of carbonyl (C=O) groups is 2. The highest BCUT2D eigenvalue weighted by Gasteiger charge is 2.25. The van der Waals surface area contributed by atoms with Gasteiger partial charge in [0.2, 0.25) is 5.91 Å². The van der Waals surface area contributed by atoms with Crippen LogP contribution in [0.2, 0.25) is 0 Å². The van der Waals surface area contributed by atoms with E-state index in [0.717, 1.165) is 31.7 Å². The van der Waals surface area contributed by atoms with Crippen LogP contribution in [-0.2, 0) is 4.79 Å². The van der Waals surface area contributed by atoms with Crippen molar-refractivity contribution >= 4 is 11.8 Å². The summed E-state index contributed by atoms with van der Waals surface area (Å²) in [6.45, 7) is 2.96. The molecule has 2 rings (SSSR count). The van der Waals surface area contributed by atoms with Crippen molar-refractivity contribution in [1.82, 2.24) is 20.7 Å². The maximum atomic E-state index is 12.4. The summed E-state index contributed by atoms with van der Waals surface area (Å²) in [7, 11) is 3.88. The number of nitrogens with one attached hydrogen (secondary N) is 2. The average Bonchev–Trinajstić information content (AvgIpc) is 3.09. The van der Waals surface area contributed by atoms with Gasteiger partial charge >= 0.3 is 0 Å². The number of nitrogens with zero attached hydrogens (tertiary/aromatic N) is 2. The van der Waals surface area contributed by atoms with E-state index in [1.165, 1.54) is 32.1 Å². The second kappa shape index (κ2) is 11.9. The summed E-state index contributed by atoms with van der Waals surface area (Å²) in [4.78, 5) is 30.6. The van der Waals surface area contributed by atoms with Crippen molar-refractivity contribution < 1.29 is 19.2 Å². The first-order valence-corrected chi connectivity index (χ1v) is 10.7. The van der Waals surface area contributed by atoms with Gasteiger partial charge in [-0.25, -0.2) is 10.5 Å². The van der Waals surface area contributed by atoms with E-state index in [-0.39, 0.29) is 23.9 Å². The summed E-state index contributed by atoms with van der Waals surface area (Å²) in [6, 6.07) is 0. The summed E-state index contributed by atoms with van der Waals surface area (Å²) in [5.74, 6) is 0.608. The number of amides is 2. The van der Waals surface area contributed by atoms with Gasteiger partial charge in [0, 0.05) is 25.4 Å². The fourth-order valence-electron chi connectivity index (χ4n) is 3.99. The standard InChI is InChI=1S/C21H36N4O4/c1-15-19(20(27)22-12-13-25(2)3)23-21(29-15)17(14-18(26)24-28)11-7-10-16-8-5-4-6-9-16/h16-17,28H,4-14H2,1-3H3,(H,22,27)(H,24,26)/t17-/m1/s1. The smallest absolute Gasteiger partial charge is 0.273 e. The molecule has 8 heteroatoms. The molecule has 1 aliphatic carbocycles. The molecule has 0 bridgehead atoms. The number of oxazole rings is 1. The van der Waals surface area contributed by atoms with Gasteiger partial charge in [-0.15, -0.1) is 0 Å². The Bertz CT molecular complexity index is 653. The zero-order valence-corrected chi connectivity index (χ0v) is 18.0. The molecule has 1 aromatic heterocycles. The fraction of sp³-hybridized carbons (Fsp3) is 0.762. The quantitative estimate of drug-likeness (QED) is 0.384. The lowest BCUT2D eigenvalue weighted by atomic mass is 9.84. The van der Waals surface area contributed by atoms with Crippen molar-refractivity contribution in [3.8, 4) is 0 Å². The minimum atomic E-state index is -0.472. The number of hydroxylamine groups is 1. The van der Waals surface area contributed by atoms with Crippen LogP contribution in [0.3, 0.4) is 0 Å². The Hall–Kier alpha value is -1.93. The van der Waals surface area contributed by atoms with Crippen LogP contribution in [0.25, 0.3) is 0 Å². The molecule has 1 aromatic rings. The Kier molecular flexibility index (Phi) is 9.60. The van der Waals surface area contributed by atoms with Crippen molar-refractivity contribution in [2.45, 2.75) is 70.6 Å². The minimum Gasteiger partial charge on any atom is -0.445 e. The highest BCUT2D eigenvalue weighted by molar-refractivity contribution is 5.93. The van der Waals surface area contributed by atoms with Gasteiger partial charge in [0.25, 0.3) is 5.91 Å². The van der Waals surface area contributed by atoms with E-state index in [4.69, 9.17) is 9.62 Å². The van der Waals surface area contributed by atoms with E-state index >= 15 is 0 Å². The molecule has 1 fully saturated rings. The Morgan fingerprint density at radius 2 is 2.00 bits per heavy atom. The average molecular weight is 409 g/mol. The van der Waals surface area contributed by atoms with Crippen molar-refractivity contribution in [2.24, 2.45) is 5.92 Å². The molecule has 0 radical (unpaired) electrons. The van der Waals surface area contributed by atoms with Crippen LogP contribution < -0.4 is 10.8 Å². The third-order valence-electron chi connectivity index (χ3n) is 5.67. The predicted octanol–water partition coefficient (Wildman–Crippen LogP) is 3.00. The van der Waals surface area contributed by atoms with Crippen molar-refractivity contribution in [1.29, 1.82) is 0 Å². The van der Waals surface area contributed by atoms with Gasteiger partial charge in [-0.05, 0) is 33.4 Å². The molecule has 3 N–H and O–H groups in total. The molecule has 2 amide bonds. The molecular formula is C21H36N4O4. The molecule has 164 valence electrons. The van der Waals surface area contributed by atoms with Crippen molar-refractivity contribution in [3.05, 3.63) is 17.3 Å². The second-order valence-electron chi connectivity index (χ2n) is 8.39. The monoisotopic (exact) mass is 408 g/mol. The van der Waals surface area contributed by atoms with Crippen LogP contribution in [0.5, 0.6) is 0 Å². The molecule has 1 atom stereocenters. The summed E-state index contributed by atoms with van der Waals surface area (Å²) in [6.07, 6.45) is 9.47. The van der Waals surface area contributed by atoms with Crippen LogP contribution in [0.15, 0.2) is 4.42 Å². The molecule has 1 heterocycles. The summed E-state index contributed by atoms with van der Waals surface area (Å²) >= 11 is 0. The highest BCUT2D eigenvalue weighted by Crippen LogP contribution is 2.31. The van der Waals surface area contributed by atoms with Gasteiger partial charge in [0.05, 0.1) is 0 Å². The predicted molar refractivity (Wildman–Crippen MR) is 110 cm³/mol. The van der Waals surface area contributed by atoms with Crippen LogP contribution >= 0.6 is 0 Å². The third-order valence-corrected chi connectivity index (χ3v) is 5.67. The molecular weight excluding hydrogens is 372 g/mol. The maximum absolute atomic E-state index is 12.4. The van der Waals surface area contributed by atoms with Crippen LogP contribution in [0.1, 0.15) is 85.8 Å². The molecule has 0 spiro atoms. The molecule has 0 aliphatic heterocycles. The third kappa shape index (κ3) is 7.78. The fourth-order valence-corrected chi connectivity index (χ4v) is 3.99. The number of aryl methyl sites for hydroxylation is 1. The second-order valence-corrected chi connectivity index (χ2v) is 8.39. The first kappa shape index (κ1) is 23.3. The van der Waals surface area contributed by atoms with E-state index in [0.29, 0.717) is 18.2 Å². The Morgan fingerprint density at radius 3 is 2.66 bits per heavy atom. The maximum Gasteiger partial charge on any atom is 0.273 e. The van der Waals surface area contributed by atoms with Crippen LogP contribution in [-0.4, -0.2) is 54.1 Å². The molecule has 0 aromatic carbocycles. The van der Waals surface area contributed by atoms with Gasteiger partial charge in [-0.3, -0.25) is 14.8 Å². The molecule has 0 unspecified atom stereocenters. The lowest BCUT2D eigenvalue weighted by Crippen LogP contribution is -2.31. The SMILES string of the molecule is Cc1oc([C@H](CCCC2CCCCC2)CC(=O)NO)nc1C(=O)NCCN(C)C. The summed E-state index contributed by atoms with van der Waals surface area (Å²) in [5.41, 5.74) is 1.96. The van der Waals surface area contributed by atoms with Gasteiger partial charge in [0.1, 0.15) is 5.76 Å². The molecule has 8 nitrogen and oxygen atoms in total. The molecule has 29 heavy (non-hydrogen) atoms. The van der Waals surface area contributed by atoms with Gasteiger partial charge in [-0.2, -0.15) is 0 Å². The number of hydrogen-bond acceptors (Lipinski definition) is 6. The van der Waals surface area contributed by atoms with Gasteiger partial charge < -0.3 is 14.6 Å². The zero-order chi connectivity index (χ0) is 21.2. The first-order chi connectivity index (χ1) is 13.9. The Balaban J connectivity index is 1.99. The van der Waals surface area contributed by atoms with E-state index in [1.807, 2.05) is 19.0 Å². The Morgan fingerprint density at radius 1 is 1.28 bits per heavy atom. The lowest BCUT2D eigenvalue weighted by Gasteiger charge is -2.22. The number of carbonyl (C=O) groups excluding carboxylic acids is 2. The highest BCUT2D eigenvalue weighted by atomic mass is 16.5. The Labute approximate surface area is 173 Å². The van der Waals surface area contributed by atoms with Crippen molar-refractivity contribution in [2.75, 3.05) is 27.2 Å². The van der Waals surface area contributed by atoms with Gasteiger partial charge in [-0.1, -0.05) is 44.9 Å². The lowest BCUT2D eigenvalue weighted by molar-refractivity contribution is -0.129. The van der Waals surface area contributed by atoms with Crippen molar-refractivity contribution in [3.63, 3.8) is 0 Å². The molecule has 1 saturated carbocycles. The normalized spacial score (nSPS) is 16.0. The van der Waals surface area contributed by atoms with Crippen LogP contribution in [0, 0.1) is 12.8 Å². The van der Waals surface area contributed by atoms with E-state index in [2.05, 4.69) is 10.3 Å².